The molecular weight excluding hydrogens is 342 g/mol. The molecule has 0 saturated heterocycles. The summed E-state index contributed by atoms with van der Waals surface area (Å²) < 4.78 is 1.04. The summed E-state index contributed by atoms with van der Waals surface area (Å²) in [5, 5.41) is 0. The van der Waals surface area contributed by atoms with Crippen LogP contribution >= 0.6 is 15.9 Å². The number of halogens is 1. The van der Waals surface area contributed by atoms with Gasteiger partial charge in [0.05, 0.1) is 11.1 Å². The molecule has 1 heterocycles. The minimum Gasteiger partial charge on any atom is -0.274 e. The zero-order chi connectivity index (χ0) is 15.7. The second kappa shape index (κ2) is 6.05. The van der Waals surface area contributed by atoms with Crippen LogP contribution in [0.2, 0.25) is 0 Å². The molecule has 1 aliphatic heterocycles. The summed E-state index contributed by atoms with van der Waals surface area (Å²) in [7, 11) is 0. The third-order valence-electron chi connectivity index (χ3n) is 3.85. The lowest BCUT2D eigenvalue weighted by Gasteiger charge is -2.19. The van der Waals surface area contributed by atoms with Gasteiger partial charge in [-0.2, -0.15) is 0 Å². The number of fused-ring (bicyclic) bond motifs is 1. The first-order valence-corrected chi connectivity index (χ1v) is 8.05. The number of carbonyl (C=O) groups excluding carboxylic acids is 2. The molecule has 0 N–H and O–H groups in total. The van der Waals surface area contributed by atoms with Crippen LogP contribution in [0.4, 0.5) is 0 Å². The SMILES string of the molecule is CC(Cc1cccc(Br)c1)CN1C(=O)c2ccccc2C1=O. The van der Waals surface area contributed by atoms with Gasteiger partial charge >= 0.3 is 0 Å². The monoisotopic (exact) mass is 357 g/mol. The quantitative estimate of drug-likeness (QED) is 0.777. The number of imide groups is 1. The Bertz CT molecular complexity index is 706. The summed E-state index contributed by atoms with van der Waals surface area (Å²) in [5.74, 6) is -0.153. The summed E-state index contributed by atoms with van der Waals surface area (Å²) in [6, 6.07) is 15.1. The predicted molar refractivity (Wildman–Crippen MR) is 88.8 cm³/mol. The Kier molecular flexibility index (Phi) is 4.12. The molecule has 0 saturated carbocycles. The fourth-order valence-electron chi connectivity index (χ4n) is 2.85. The van der Waals surface area contributed by atoms with Gasteiger partial charge in [0.1, 0.15) is 0 Å². The van der Waals surface area contributed by atoms with Gasteiger partial charge in [-0.05, 0) is 42.2 Å². The summed E-state index contributed by atoms with van der Waals surface area (Å²) in [5.41, 5.74) is 2.22. The van der Waals surface area contributed by atoms with E-state index in [0.717, 1.165) is 10.9 Å². The van der Waals surface area contributed by atoms with E-state index in [9.17, 15) is 9.59 Å². The molecule has 1 atom stereocenters. The van der Waals surface area contributed by atoms with E-state index < -0.39 is 0 Å². The van der Waals surface area contributed by atoms with E-state index in [1.807, 2.05) is 12.1 Å². The van der Waals surface area contributed by atoms with E-state index in [2.05, 4.69) is 35.0 Å². The number of hydrogen-bond donors (Lipinski definition) is 0. The number of carbonyl (C=O) groups is 2. The first kappa shape index (κ1) is 15.0. The third kappa shape index (κ3) is 2.83. The molecule has 4 heteroatoms. The minimum absolute atomic E-state index is 0.179. The van der Waals surface area contributed by atoms with Crippen molar-refractivity contribution in [3.8, 4) is 0 Å². The Hall–Kier alpha value is -1.94. The van der Waals surface area contributed by atoms with Crippen LogP contribution in [0, 0.1) is 5.92 Å². The Morgan fingerprint density at radius 1 is 1.00 bits per heavy atom. The Morgan fingerprint density at radius 2 is 1.64 bits per heavy atom. The minimum atomic E-state index is -0.179. The first-order chi connectivity index (χ1) is 10.6. The molecule has 0 bridgehead atoms. The van der Waals surface area contributed by atoms with Crippen LogP contribution in [0.3, 0.4) is 0 Å². The van der Waals surface area contributed by atoms with E-state index >= 15 is 0 Å². The van der Waals surface area contributed by atoms with Gasteiger partial charge in [-0.3, -0.25) is 14.5 Å². The predicted octanol–water partition coefficient (Wildman–Crippen LogP) is 3.92. The van der Waals surface area contributed by atoms with Crippen molar-refractivity contribution in [3.63, 3.8) is 0 Å². The Balaban J connectivity index is 1.72. The molecule has 22 heavy (non-hydrogen) atoms. The molecule has 112 valence electrons. The van der Waals surface area contributed by atoms with Gasteiger partial charge in [-0.15, -0.1) is 0 Å². The maximum Gasteiger partial charge on any atom is 0.261 e. The second-order valence-electron chi connectivity index (χ2n) is 5.71. The van der Waals surface area contributed by atoms with Crippen LogP contribution in [-0.2, 0) is 6.42 Å². The highest BCUT2D eigenvalue weighted by Gasteiger charge is 2.35. The lowest BCUT2D eigenvalue weighted by atomic mass is 10.0. The number of rotatable bonds is 4. The van der Waals surface area contributed by atoms with Crippen LogP contribution in [-0.4, -0.2) is 23.3 Å². The number of hydrogen-bond acceptors (Lipinski definition) is 2. The molecule has 0 fully saturated rings. The average molecular weight is 358 g/mol. The Morgan fingerprint density at radius 3 is 2.23 bits per heavy atom. The lowest BCUT2D eigenvalue weighted by Crippen LogP contribution is -2.34. The summed E-state index contributed by atoms with van der Waals surface area (Å²) in [4.78, 5) is 26.1. The van der Waals surface area contributed by atoms with Crippen LogP contribution in [0.5, 0.6) is 0 Å². The molecule has 3 rings (SSSR count). The maximum atomic E-state index is 12.3. The van der Waals surface area contributed by atoms with Crippen molar-refractivity contribution in [1.29, 1.82) is 0 Å². The molecule has 2 amide bonds. The summed E-state index contributed by atoms with van der Waals surface area (Å²) in [6.45, 7) is 2.50. The van der Waals surface area contributed by atoms with Gasteiger partial charge in [0.15, 0.2) is 0 Å². The van der Waals surface area contributed by atoms with E-state index in [0.29, 0.717) is 17.7 Å². The number of benzene rings is 2. The smallest absolute Gasteiger partial charge is 0.261 e. The van der Waals surface area contributed by atoms with Gasteiger partial charge in [-0.1, -0.05) is 47.1 Å². The van der Waals surface area contributed by atoms with E-state index in [-0.39, 0.29) is 17.7 Å². The van der Waals surface area contributed by atoms with Crippen LogP contribution in [0.25, 0.3) is 0 Å². The third-order valence-corrected chi connectivity index (χ3v) is 4.34. The topological polar surface area (TPSA) is 37.4 Å². The van der Waals surface area contributed by atoms with Gasteiger partial charge in [0, 0.05) is 11.0 Å². The molecule has 2 aromatic rings. The van der Waals surface area contributed by atoms with Crippen molar-refractivity contribution in [1.82, 2.24) is 4.90 Å². The van der Waals surface area contributed by atoms with Gasteiger partial charge in [0.2, 0.25) is 0 Å². The molecule has 0 aromatic heterocycles. The van der Waals surface area contributed by atoms with E-state index in [1.54, 1.807) is 24.3 Å². The highest BCUT2D eigenvalue weighted by molar-refractivity contribution is 9.10. The van der Waals surface area contributed by atoms with Crippen molar-refractivity contribution in [2.24, 2.45) is 5.92 Å². The van der Waals surface area contributed by atoms with Gasteiger partial charge in [0.25, 0.3) is 11.8 Å². The van der Waals surface area contributed by atoms with Crippen molar-refractivity contribution in [2.45, 2.75) is 13.3 Å². The molecule has 0 spiro atoms. The fraction of sp³-hybridized carbons (Fsp3) is 0.222. The summed E-state index contributed by atoms with van der Waals surface area (Å²) >= 11 is 3.46. The molecule has 0 radical (unpaired) electrons. The molecular formula is C18H16BrNO2. The number of nitrogens with zero attached hydrogens (tertiary/aromatic N) is 1. The molecule has 1 aliphatic rings. The summed E-state index contributed by atoms with van der Waals surface area (Å²) in [6.07, 6.45) is 0.826. The van der Waals surface area contributed by atoms with Crippen molar-refractivity contribution in [3.05, 3.63) is 69.7 Å². The largest absolute Gasteiger partial charge is 0.274 e. The average Bonchev–Trinajstić information content (AvgIpc) is 2.73. The van der Waals surface area contributed by atoms with Gasteiger partial charge in [-0.25, -0.2) is 0 Å². The first-order valence-electron chi connectivity index (χ1n) is 7.26. The van der Waals surface area contributed by atoms with Crippen LogP contribution < -0.4 is 0 Å². The highest BCUT2D eigenvalue weighted by atomic mass is 79.9. The molecule has 0 aliphatic carbocycles. The number of amides is 2. The zero-order valence-electron chi connectivity index (χ0n) is 12.3. The fourth-order valence-corrected chi connectivity index (χ4v) is 3.29. The standard InChI is InChI=1S/C18H16BrNO2/c1-12(9-13-5-4-6-14(19)10-13)11-20-17(21)15-7-2-3-8-16(15)18(20)22/h2-8,10,12H,9,11H2,1H3. The maximum absolute atomic E-state index is 12.3. The lowest BCUT2D eigenvalue weighted by molar-refractivity contribution is 0.0632. The normalized spacial score (nSPS) is 15.1. The van der Waals surface area contributed by atoms with Crippen molar-refractivity contribution >= 4 is 27.7 Å². The van der Waals surface area contributed by atoms with Crippen molar-refractivity contribution < 1.29 is 9.59 Å². The molecule has 1 unspecified atom stereocenters. The molecule has 3 nitrogen and oxygen atoms in total. The van der Waals surface area contributed by atoms with Crippen molar-refractivity contribution in [2.75, 3.05) is 6.54 Å². The van der Waals surface area contributed by atoms with E-state index in [4.69, 9.17) is 0 Å². The zero-order valence-corrected chi connectivity index (χ0v) is 13.8. The Labute approximate surface area is 138 Å². The van der Waals surface area contributed by atoms with Crippen LogP contribution in [0.1, 0.15) is 33.2 Å². The van der Waals surface area contributed by atoms with E-state index in [1.165, 1.54) is 10.5 Å². The van der Waals surface area contributed by atoms with Gasteiger partial charge < -0.3 is 0 Å². The van der Waals surface area contributed by atoms with Crippen LogP contribution in [0.15, 0.2) is 53.0 Å². The highest BCUT2D eigenvalue weighted by Crippen LogP contribution is 2.24. The molecule has 2 aromatic carbocycles. The second-order valence-corrected chi connectivity index (χ2v) is 6.62.